The zero-order valence-electron chi connectivity index (χ0n) is 10.6. The molecular weight excluding hydrogens is 347 g/mol. The van der Waals surface area contributed by atoms with Gasteiger partial charge in [-0.1, -0.05) is 0 Å². The molecule has 18 heavy (non-hydrogen) atoms. The highest BCUT2D eigenvalue weighted by Crippen LogP contribution is 2.33. The Hall–Kier alpha value is -0.470. The quantitative estimate of drug-likeness (QED) is 0.830. The van der Waals surface area contributed by atoms with Crippen LogP contribution in [0.5, 0.6) is 0 Å². The van der Waals surface area contributed by atoms with Gasteiger partial charge in [0.25, 0.3) is 5.56 Å². The monoisotopic (exact) mass is 364 g/mol. The highest BCUT2D eigenvalue weighted by molar-refractivity contribution is 14.1. The summed E-state index contributed by atoms with van der Waals surface area (Å²) in [6.45, 7) is 5.66. The van der Waals surface area contributed by atoms with Gasteiger partial charge in [0.1, 0.15) is 11.4 Å². The highest BCUT2D eigenvalue weighted by atomic mass is 127. The van der Waals surface area contributed by atoms with E-state index in [-0.39, 0.29) is 5.56 Å². The van der Waals surface area contributed by atoms with Crippen molar-refractivity contribution in [2.75, 3.05) is 19.8 Å². The maximum atomic E-state index is 11.9. The molecule has 1 N–H and O–H groups in total. The van der Waals surface area contributed by atoms with E-state index in [9.17, 15) is 4.79 Å². The minimum atomic E-state index is -0.499. The molecule has 5 nitrogen and oxygen atoms in total. The Kier molecular flexibility index (Phi) is 4.39. The van der Waals surface area contributed by atoms with Crippen LogP contribution < -0.4 is 5.56 Å². The summed E-state index contributed by atoms with van der Waals surface area (Å²) in [6, 6.07) is 0. The Morgan fingerprint density at radius 1 is 1.50 bits per heavy atom. The van der Waals surface area contributed by atoms with Crippen LogP contribution in [-0.2, 0) is 15.1 Å². The molecule has 0 aliphatic carbocycles. The van der Waals surface area contributed by atoms with E-state index in [0.29, 0.717) is 29.2 Å². The molecule has 100 valence electrons. The largest absolute Gasteiger partial charge is 0.381 e. The summed E-state index contributed by atoms with van der Waals surface area (Å²) in [4.78, 5) is 19.2. The van der Waals surface area contributed by atoms with Crippen molar-refractivity contribution in [2.24, 2.45) is 0 Å². The van der Waals surface area contributed by atoms with Crippen molar-refractivity contribution < 1.29 is 9.47 Å². The van der Waals surface area contributed by atoms with Crippen LogP contribution in [0.1, 0.15) is 31.3 Å². The lowest BCUT2D eigenvalue weighted by atomic mass is 9.93. The fourth-order valence-corrected chi connectivity index (χ4v) is 2.47. The van der Waals surface area contributed by atoms with Gasteiger partial charge in [0.15, 0.2) is 0 Å². The SMILES string of the molecule is CCOC1(c2nc(C)c(I)c(=O)[nH]2)CCOCC1. The smallest absolute Gasteiger partial charge is 0.264 e. The zero-order valence-corrected chi connectivity index (χ0v) is 12.7. The lowest BCUT2D eigenvalue weighted by Crippen LogP contribution is -2.40. The van der Waals surface area contributed by atoms with Crippen molar-refractivity contribution in [3.05, 3.63) is 25.4 Å². The van der Waals surface area contributed by atoms with E-state index >= 15 is 0 Å². The van der Waals surface area contributed by atoms with E-state index < -0.39 is 5.60 Å². The number of aryl methyl sites for hydroxylation is 1. The van der Waals surface area contributed by atoms with Crippen LogP contribution in [0.4, 0.5) is 0 Å². The third-order valence-electron chi connectivity index (χ3n) is 3.18. The van der Waals surface area contributed by atoms with E-state index in [2.05, 4.69) is 9.97 Å². The molecule has 0 atom stereocenters. The highest BCUT2D eigenvalue weighted by Gasteiger charge is 2.38. The molecule has 0 saturated carbocycles. The molecule has 0 unspecified atom stereocenters. The molecular formula is C12H17IN2O3. The molecule has 1 aromatic rings. The minimum absolute atomic E-state index is 0.0938. The van der Waals surface area contributed by atoms with Crippen molar-refractivity contribution in [3.63, 3.8) is 0 Å². The summed E-state index contributed by atoms with van der Waals surface area (Å²) in [5.41, 5.74) is 0.157. The van der Waals surface area contributed by atoms with Gasteiger partial charge in [0, 0.05) is 32.7 Å². The second-order valence-electron chi connectivity index (χ2n) is 4.35. The average Bonchev–Trinajstić information content (AvgIpc) is 2.37. The molecule has 6 heteroatoms. The summed E-state index contributed by atoms with van der Waals surface area (Å²) in [5.74, 6) is 0.635. The molecule has 1 fully saturated rings. The summed E-state index contributed by atoms with van der Waals surface area (Å²) in [6.07, 6.45) is 1.45. The summed E-state index contributed by atoms with van der Waals surface area (Å²) in [7, 11) is 0. The lowest BCUT2D eigenvalue weighted by molar-refractivity contribution is -0.118. The van der Waals surface area contributed by atoms with Crippen molar-refractivity contribution >= 4 is 22.6 Å². The first kappa shape index (κ1) is 14.0. The molecule has 2 heterocycles. The Bertz CT molecular complexity index is 475. The number of hydrogen-bond donors (Lipinski definition) is 1. The molecule has 0 radical (unpaired) electrons. The Balaban J connectivity index is 2.45. The Labute approximate surface area is 119 Å². The van der Waals surface area contributed by atoms with Gasteiger partial charge in [-0.15, -0.1) is 0 Å². The maximum absolute atomic E-state index is 11.9. The topological polar surface area (TPSA) is 64.2 Å². The second kappa shape index (κ2) is 5.66. The predicted molar refractivity (Wildman–Crippen MR) is 75.7 cm³/mol. The van der Waals surface area contributed by atoms with E-state index in [1.165, 1.54) is 0 Å². The lowest BCUT2D eigenvalue weighted by Gasteiger charge is -2.35. The third kappa shape index (κ3) is 2.60. The van der Waals surface area contributed by atoms with Gasteiger partial charge in [-0.2, -0.15) is 0 Å². The number of aromatic amines is 1. The van der Waals surface area contributed by atoms with Gasteiger partial charge in [-0.05, 0) is 36.4 Å². The average molecular weight is 364 g/mol. The number of nitrogens with zero attached hydrogens (tertiary/aromatic N) is 1. The standard InChI is InChI=1S/C12H17IN2O3/c1-3-18-12(4-6-17-7-5-12)11-14-8(2)9(13)10(16)15-11/h3-7H2,1-2H3,(H,14,15,16). The van der Waals surface area contributed by atoms with Crippen molar-refractivity contribution in [2.45, 2.75) is 32.3 Å². The van der Waals surface area contributed by atoms with Crippen molar-refractivity contribution in [1.29, 1.82) is 0 Å². The number of halogens is 1. The first-order chi connectivity index (χ1) is 8.59. The van der Waals surface area contributed by atoms with Crippen molar-refractivity contribution in [3.8, 4) is 0 Å². The van der Waals surface area contributed by atoms with Gasteiger partial charge in [0.05, 0.1) is 9.26 Å². The molecule has 0 bridgehead atoms. The summed E-state index contributed by atoms with van der Waals surface area (Å²) >= 11 is 2.01. The van der Waals surface area contributed by atoms with Crippen LogP contribution in [0.25, 0.3) is 0 Å². The van der Waals surface area contributed by atoms with Crippen LogP contribution in [0.3, 0.4) is 0 Å². The van der Waals surface area contributed by atoms with Crippen molar-refractivity contribution in [1.82, 2.24) is 9.97 Å². The van der Waals surface area contributed by atoms with E-state index in [1.807, 2.05) is 36.4 Å². The van der Waals surface area contributed by atoms with E-state index in [4.69, 9.17) is 9.47 Å². The first-order valence-corrected chi connectivity index (χ1v) is 7.15. The van der Waals surface area contributed by atoms with Gasteiger partial charge < -0.3 is 14.5 Å². The fraction of sp³-hybridized carbons (Fsp3) is 0.667. The number of hydrogen-bond acceptors (Lipinski definition) is 4. The second-order valence-corrected chi connectivity index (χ2v) is 5.43. The van der Waals surface area contributed by atoms with E-state index in [0.717, 1.165) is 18.5 Å². The van der Waals surface area contributed by atoms with Crippen LogP contribution >= 0.6 is 22.6 Å². The molecule has 1 aromatic heterocycles. The molecule has 1 saturated heterocycles. The molecule has 1 aliphatic heterocycles. The minimum Gasteiger partial charge on any atom is -0.381 e. The Morgan fingerprint density at radius 2 is 2.17 bits per heavy atom. The van der Waals surface area contributed by atoms with Crippen LogP contribution in [0, 0.1) is 10.5 Å². The number of aromatic nitrogens is 2. The Morgan fingerprint density at radius 3 is 2.72 bits per heavy atom. The molecule has 1 aliphatic rings. The normalized spacial score (nSPS) is 18.8. The number of H-pyrrole nitrogens is 1. The first-order valence-electron chi connectivity index (χ1n) is 6.07. The van der Waals surface area contributed by atoms with Gasteiger partial charge >= 0.3 is 0 Å². The maximum Gasteiger partial charge on any atom is 0.264 e. The van der Waals surface area contributed by atoms with Crippen LogP contribution in [-0.4, -0.2) is 29.8 Å². The molecule has 0 aromatic carbocycles. The van der Waals surface area contributed by atoms with Gasteiger partial charge in [-0.3, -0.25) is 4.79 Å². The van der Waals surface area contributed by atoms with Crippen LogP contribution in [0.2, 0.25) is 0 Å². The van der Waals surface area contributed by atoms with Gasteiger partial charge in [-0.25, -0.2) is 4.98 Å². The predicted octanol–water partition coefficient (Wildman–Crippen LogP) is 1.73. The summed E-state index contributed by atoms with van der Waals surface area (Å²) in [5, 5.41) is 0. The van der Waals surface area contributed by atoms with E-state index in [1.54, 1.807) is 0 Å². The van der Waals surface area contributed by atoms with Crippen LogP contribution in [0.15, 0.2) is 4.79 Å². The third-order valence-corrected chi connectivity index (χ3v) is 4.45. The fourth-order valence-electron chi connectivity index (χ4n) is 2.21. The number of ether oxygens (including phenoxy) is 2. The molecule has 0 spiro atoms. The molecule has 0 amide bonds. The molecule has 2 rings (SSSR count). The number of nitrogens with one attached hydrogen (secondary N) is 1. The summed E-state index contributed by atoms with van der Waals surface area (Å²) < 4.78 is 11.9. The van der Waals surface area contributed by atoms with Gasteiger partial charge in [0.2, 0.25) is 0 Å². The zero-order chi connectivity index (χ0) is 13.2. The number of rotatable bonds is 3.